The van der Waals surface area contributed by atoms with Crippen LogP contribution in [-0.4, -0.2) is 127 Å². The topological polar surface area (TPSA) is 327 Å². The molecule has 2 aliphatic carbocycles. The third-order valence-electron chi connectivity index (χ3n) is 13.4. The van der Waals surface area contributed by atoms with E-state index in [2.05, 4.69) is 20.7 Å². The SMILES string of the molecule is COc1cccc2c1C(=O)c1c(O)c3c(c(O)c1C2=O)C[C@@](O)(/C(CO)=N/NC(=O)CCn1ccc2cc(-n4c(O)nnc4-c4cc(C(C)C)c(O)cc4O)ccc21)CC3OC1CC(N)C(O)C(C)O1. The second-order valence-corrected chi connectivity index (χ2v) is 18.1. The van der Waals surface area contributed by atoms with Crippen LogP contribution in [0.25, 0.3) is 28.0 Å². The molecule has 1 aliphatic heterocycles. The molecule has 0 radical (unpaired) electrons. The van der Waals surface area contributed by atoms with E-state index >= 15 is 0 Å². The number of ketones is 2. The minimum atomic E-state index is -2.21. The van der Waals surface area contributed by atoms with Crippen molar-refractivity contribution >= 4 is 34.1 Å². The molecule has 2 aromatic heterocycles. The zero-order valence-corrected chi connectivity index (χ0v) is 38.3. The summed E-state index contributed by atoms with van der Waals surface area (Å²) in [7, 11) is 1.32. The predicted octanol–water partition coefficient (Wildman–Crippen LogP) is 3.44. The third kappa shape index (κ3) is 8.04. The van der Waals surface area contributed by atoms with Gasteiger partial charge in [0.2, 0.25) is 11.7 Å². The lowest BCUT2D eigenvalue weighted by Crippen LogP contribution is -2.53. The van der Waals surface area contributed by atoms with Crippen molar-refractivity contribution in [3.63, 3.8) is 0 Å². The van der Waals surface area contributed by atoms with Crippen molar-refractivity contribution in [3.8, 4) is 51.8 Å². The van der Waals surface area contributed by atoms with E-state index in [-0.39, 0.29) is 81.9 Å². The van der Waals surface area contributed by atoms with Crippen molar-refractivity contribution in [2.75, 3.05) is 13.7 Å². The first-order valence-corrected chi connectivity index (χ1v) is 22.5. The molecule has 6 atom stereocenters. The highest BCUT2D eigenvalue weighted by molar-refractivity contribution is 6.31. The second kappa shape index (κ2) is 18.2. The summed E-state index contributed by atoms with van der Waals surface area (Å²) in [4.78, 5) is 41.6. The molecule has 3 heterocycles. The number of aromatic nitrogens is 4. The Morgan fingerprint density at radius 1 is 0.986 bits per heavy atom. The van der Waals surface area contributed by atoms with Gasteiger partial charge in [-0.3, -0.25) is 14.4 Å². The highest BCUT2D eigenvalue weighted by atomic mass is 16.7. The van der Waals surface area contributed by atoms with Crippen molar-refractivity contribution in [2.45, 2.75) is 95.2 Å². The highest BCUT2D eigenvalue weighted by Gasteiger charge is 2.50. The van der Waals surface area contributed by atoms with Crippen LogP contribution in [0, 0.1) is 0 Å². The number of hydrazone groups is 1. The van der Waals surface area contributed by atoms with Gasteiger partial charge in [0.25, 0.3) is 0 Å². The van der Waals surface area contributed by atoms with Crippen molar-refractivity contribution in [2.24, 2.45) is 10.8 Å². The van der Waals surface area contributed by atoms with Crippen LogP contribution in [0.15, 0.2) is 65.9 Å². The Morgan fingerprint density at radius 3 is 2.46 bits per heavy atom. The maximum Gasteiger partial charge on any atom is 0.319 e. The number of aryl methyl sites for hydroxylation is 1. The Morgan fingerprint density at radius 2 is 1.74 bits per heavy atom. The number of hydrogen-bond donors (Lipinski definition) is 10. The Balaban J connectivity index is 0.974. The predicted molar refractivity (Wildman–Crippen MR) is 248 cm³/mol. The van der Waals surface area contributed by atoms with Gasteiger partial charge < -0.3 is 65.4 Å². The Labute approximate surface area is 398 Å². The first-order valence-electron chi connectivity index (χ1n) is 22.5. The Hall–Kier alpha value is -7.40. The number of aliphatic hydroxyl groups excluding tert-OH is 2. The molecule has 6 aromatic rings. The number of carbonyl (C=O) groups is 3. The molecule has 0 spiro atoms. The third-order valence-corrected chi connectivity index (χ3v) is 13.4. The van der Waals surface area contributed by atoms with Crippen LogP contribution in [0.5, 0.6) is 34.8 Å². The quantitative estimate of drug-likeness (QED) is 0.0476. The molecule has 9 rings (SSSR count). The molecule has 21 heteroatoms. The van der Waals surface area contributed by atoms with Gasteiger partial charge in [0.1, 0.15) is 34.3 Å². The molecular formula is C49H51N7O14. The number of nitrogens with zero attached hydrogens (tertiary/aromatic N) is 5. The standard InChI is InChI=1S/C49H51N7O14/c1-21(2)26-15-27(32(59)17-31(26)58)47-53-54-48(66)56(47)24-8-9-30-23(14-24)10-12-55(30)13-11-36(60)52-51-35(20-57)49(67)18-28-39(34(19-49)70-37-16-29(50)42(61)22(3)69-37)46(65)41-40(44(28)63)43(62)25-6-5-7-33(68-4)38(25)45(41)64/h5-10,12,14-15,17,21-22,29,34,37,42,57-59,61,63,65,67H,11,13,16,18-20,50H2,1-4H3,(H,52,60)(H,54,66)/b51-35+/t22?,29?,34?,37?,42?,49-/m0/s1. The van der Waals surface area contributed by atoms with Gasteiger partial charge in [-0.2, -0.15) is 5.10 Å². The first kappa shape index (κ1) is 47.7. The van der Waals surface area contributed by atoms with Gasteiger partial charge in [-0.05, 0) is 54.8 Å². The second-order valence-electron chi connectivity index (χ2n) is 18.1. The number of benzene rings is 4. The van der Waals surface area contributed by atoms with E-state index in [0.29, 0.717) is 22.2 Å². The van der Waals surface area contributed by atoms with Crippen molar-refractivity contribution < 1.29 is 69.4 Å². The molecule has 1 fully saturated rings. The number of nitrogens with one attached hydrogen (secondary N) is 1. The van der Waals surface area contributed by atoms with Crippen LogP contribution in [0.3, 0.4) is 0 Å². The van der Waals surface area contributed by atoms with E-state index in [0.717, 1.165) is 0 Å². The van der Waals surface area contributed by atoms with Gasteiger partial charge in [-0.15, -0.1) is 5.10 Å². The first-order chi connectivity index (χ1) is 33.3. The van der Waals surface area contributed by atoms with Gasteiger partial charge >= 0.3 is 6.01 Å². The fourth-order valence-corrected chi connectivity index (χ4v) is 9.75. The van der Waals surface area contributed by atoms with E-state index in [1.165, 1.54) is 35.9 Å². The van der Waals surface area contributed by atoms with Crippen LogP contribution in [-0.2, 0) is 27.2 Å². The average Bonchev–Trinajstić information content (AvgIpc) is 3.92. The Kier molecular flexibility index (Phi) is 12.4. The molecule has 5 unspecified atom stereocenters. The molecule has 0 bridgehead atoms. The lowest BCUT2D eigenvalue weighted by atomic mass is 9.71. The summed E-state index contributed by atoms with van der Waals surface area (Å²) in [5, 5.41) is 102. The number of amides is 1. The van der Waals surface area contributed by atoms with E-state index in [1.54, 1.807) is 48.0 Å². The van der Waals surface area contributed by atoms with E-state index in [1.807, 2.05) is 13.8 Å². The van der Waals surface area contributed by atoms with Gasteiger partial charge in [0, 0.05) is 78.1 Å². The van der Waals surface area contributed by atoms with E-state index < -0.39 is 102 Å². The van der Waals surface area contributed by atoms with Gasteiger partial charge in [-0.1, -0.05) is 31.1 Å². The molecule has 3 aliphatic rings. The van der Waals surface area contributed by atoms with Crippen LogP contribution in [0.1, 0.15) is 101 Å². The highest BCUT2D eigenvalue weighted by Crippen LogP contribution is 2.53. The number of carbonyl (C=O) groups excluding carboxylic acids is 3. The molecule has 4 aromatic carbocycles. The summed E-state index contributed by atoms with van der Waals surface area (Å²) in [5.74, 6) is -3.88. The summed E-state index contributed by atoms with van der Waals surface area (Å²) in [6, 6.07) is 12.9. The zero-order valence-electron chi connectivity index (χ0n) is 38.3. The zero-order chi connectivity index (χ0) is 50.1. The molecule has 366 valence electrons. The average molecular weight is 962 g/mol. The number of phenolic OH excluding ortho intramolecular Hbond substituents is 4. The maximum atomic E-state index is 14.1. The summed E-state index contributed by atoms with van der Waals surface area (Å²) >= 11 is 0. The number of ether oxygens (including phenoxy) is 3. The normalized spacial score (nSPS) is 22.2. The fourth-order valence-electron chi connectivity index (χ4n) is 9.75. The molecule has 1 amide bonds. The monoisotopic (exact) mass is 961 g/mol. The molecule has 1 saturated heterocycles. The minimum Gasteiger partial charge on any atom is -0.508 e. The number of methoxy groups -OCH3 is 1. The largest absolute Gasteiger partial charge is 0.508 e. The van der Waals surface area contributed by atoms with Crippen LogP contribution < -0.4 is 15.9 Å². The van der Waals surface area contributed by atoms with E-state index in [4.69, 9.17) is 19.9 Å². The maximum absolute atomic E-state index is 14.1. The summed E-state index contributed by atoms with van der Waals surface area (Å²) in [5.41, 5.74) is 6.41. The number of rotatable bonds is 12. The van der Waals surface area contributed by atoms with E-state index in [9.17, 15) is 55.2 Å². The molecule has 21 nitrogen and oxygen atoms in total. The summed E-state index contributed by atoms with van der Waals surface area (Å²) in [6.07, 6.45) is -3.87. The summed E-state index contributed by atoms with van der Waals surface area (Å²) in [6.45, 7) is 4.58. The number of aromatic hydroxyl groups is 5. The summed E-state index contributed by atoms with van der Waals surface area (Å²) < 4.78 is 20.7. The molecule has 11 N–H and O–H groups in total. The molecular weight excluding hydrogens is 911 g/mol. The smallest absolute Gasteiger partial charge is 0.319 e. The fraction of sp³-hybridized carbons (Fsp3) is 0.347. The Bertz CT molecular complexity index is 3130. The van der Waals surface area contributed by atoms with Crippen LogP contribution >= 0.6 is 0 Å². The van der Waals surface area contributed by atoms with Crippen LogP contribution in [0.2, 0.25) is 0 Å². The minimum absolute atomic E-state index is 0.0391. The van der Waals surface area contributed by atoms with Crippen LogP contribution in [0.4, 0.5) is 0 Å². The van der Waals surface area contributed by atoms with Crippen molar-refractivity contribution in [1.82, 2.24) is 24.8 Å². The number of fused-ring (bicyclic) bond motifs is 4. The lowest BCUT2D eigenvalue weighted by Gasteiger charge is -2.43. The van der Waals surface area contributed by atoms with Gasteiger partial charge in [0.15, 0.2) is 17.9 Å². The number of phenols is 4. The number of aliphatic hydroxyl groups is 3. The lowest BCUT2D eigenvalue weighted by molar-refractivity contribution is -0.245. The van der Waals surface area contributed by atoms with Crippen molar-refractivity contribution in [1.29, 1.82) is 0 Å². The molecule has 70 heavy (non-hydrogen) atoms. The van der Waals surface area contributed by atoms with Gasteiger partial charge in [-0.25, -0.2) is 9.99 Å². The van der Waals surface area contributed by atoms with Gasteiger partial charge in [0.05, 0.1) is 65.7 Å². The number of nitrogens with two attached hydrogens (primary N) is 1. The number of hydrogen-bond acceptors (Lipinski definition) is 18. The van der Waals surface area contributed by atoms with Crippen molar-refractivity contribution in [3.05, 3.63) is 99.7 Å². The molecule has 0 saturated carbocycles.